The van der Waals surface area contributed by atoms with Gasteiger partial charge in [0, 0.05) is 5.56 Å². The van der Waals surface area contributed by atoms with Gasteiger partial charge in [-0.2, -0.15) is 8.42 Å². The molecule has 0 fully saturated rings. The van der Waals surface area contributed by atoms with Crippen molar-refractivity contribution >= 4 is 22.0 Å². The molecule has 0 spiro atoms. The summed E-state index contributed by atoms with van der Waals surface area (Å²) in [5, 5.41) is 10.6. The second-order valence-electron chi connectivity index (χ2n) is 3.62. The van der Waals surface area contributed by atoms with Crippen LogP contribution in [0.25, 0.3) is 0 Å². The Morgan fingerprint density at radius 3 is 2.21 bits per heavy atom. The zero-order chi connectivity index (χ0) is 14.6. The molecular formula is C10H10FNO6S. The van der Waals surface area contributed by atoms with Gasteiger partial charge in [-0.1, -0.05) is 0 Å². The van der Waals surface area contributed by atoms with Gasteiger partial charge in [0.2, 0.25) is 0 Å². The summed E-state index contributed by atoms with van der Waals surface area (Å²) < 4.78 is 42.4. The van der Waals surface area contributed by atoms with Crippen LogP contribution in [-0.4, -0.2) is 41.7 Å². The highest BCUT2D eigenvalue weighted by molar-refractivity contribution is 7.85. The first-order valence-electron chi connectivity index (χ1n) is 4.93. The minimum atomic E-state index is -4.56. The zero-order valence-electron chi connectivity index (χ0n) is 9.41. The minimum absolute atomic E-state index is 0.0389. The minimum Gasteiger partial charge on any atom is -0.480 e. The summed E-state index contributed by atoms with van der Waals surface area (Å²) in [6.07, 6.45) is 0. The molecule has 0 aliphatic rings. The molecule has 1 rings (SSSR count). The summed E-state index contributed by atoms with van der Waals surface area (Å²) in [6.45, 7) is 0. The normalized spacial score (nSPS) is 12.7. The van der Waals surface area contributed by atoms with Crippen LogP contribution in [0.15, 0.2) is 24.3 Å². The average molecular weight is 291 g/mol. The number of halogens is 1. The Balaban J connectivity index is 2.82. The summed E-state index contributed by atoms with van der Waals surface area (Å²) in [5.41, 5.74) is -0.0389. The molecule has 1 atom stereocenters. The molecular weight excluding hydrogens is 281 g/mol. The summed E-state index contributed by atoms with van der Waals surface area (Å²) >= 11 is 0. The van der Waals surface area contributed by atoms with E-state index in [9.17, 15) is 22.4 Å². The number of hydrogen-bond donors (Lipinski definition) is 3. The number of hydrogen-bond acceptors (Lipinski definition) is 4. The first-order valence-corrected chi connectivity index (χ1v) is 6.54. The number of rotatable bonds is 5. The molecule has 9 heteroatoms. The van der Waals surface area contributed by atoms with Crippen molar-refractivity contribution in [3.05, 3.63) is 35.6 Å². The number of amides is 1. The quantitative estimate of drug-likeness (QED) is 0.651. The second-order valence-corrected chi connectivity index (χ2v) is 5.12. The molecule has 0 heterocycles. The maximum absolute atomic E-state index is 12.6. The maximum Gasteiger partial charge on any atom is 0.327 e. The molecule has 104 valence electrons. The average Bonchev–Trinajstić information content (AvgIpc) is 2.27. The third-order valence-corrected chi connectivity index (χ3v) is 2.84. The largest absolute Gasteiger partial charge is 0.480 e. The van der Waals surface area contributed by atoms with E-state index in [1.807, 2.05) is 5.32 Å². The smallest absolute Gasteiger partial charge is 0.327 e. The number of carboxylic acid groups (broad SMARTS) is 1. The fourth-order valence-corrected chi connectivity index (χ4v) is 1.88. The Morgan fingerprint density at radius 2 is 1.79 bits per heavy atom. The van der Waals surface area contributed by atoms with Gasteiger partial charge in [0.25, 0.3) is 16.0 Å². The van der Waals surface area contributed by atoms with Gasteiger partial charge in [0.15, 0.2) is 0 Å². The second kappa shape index (κ2) is 5.76. The first-order chi connectivity index (χ1) is 8.69. The summed E-state index contributed by atoms with van der Waals surface area (Å²) in [4.78, 5) is 22.3. The lowest BCUT2D eigenvalue weighted by Gasteiger charge is -2.12. The molecule has 3 N–H and O–H groups in total. The van der Waals surface area contributed by atoms with Gasteiger partial charge in [-0.05, 0) is 24.3 Å². The van der Waals surface area contributed by atoms with Crippen LogP contribution in [0.1, 0.15) is 10.4 Å². The lowest BCUT2D eigenvalue weighted by atomic mass is 10.2. The standard InChI is InChI=1S/C10H10FNO6S/c11-7-3-1-6(2-4-7)9(13)12-8(10(14)15)5-19(16,17)18/h1-4,8H,5H2,(H,12,13)(H,14,15)(H,16,17,18). The van der Waals surface area contributed by atoms with Crippen molar-refractivity contribution in [3.8, 4) is 0 Å². The van der Waals surface area contributed by atoms with Crippen LogP contribution in [0.3, 0.4) is 0 Å². The van der Waals surface area contributed by atoms with E-state index in [0.717, 1.165) is 24.3 Å². The number of carboxylic acids is 1. The lowest BCUT2D eigenvalue weighted by Crippen LogP contribution is -2.45. The molecule has 0 aromatic heterocycles. The van der Waals surface area contributed by atoms with Crippen molar-refractivity contribution in [1.29, 1.82) is 0 Å². The molecule has 7 nitrogen and oxygen atoms in total. The molecule has 1 unspecified atom stereocenters. The number of carbonyl (C=O) groups excluding carboxylic acids is 1. The van der Waals surface area contributed by atoms with Gasteiger partial charge in [0.05, 0.1) is 0 Å². The van der Waals surface area contributed by atoms with Gasteiger partial charge in [-0.3, -0.25) is 9.35 Å². The van der Waals surface area contributed by atoms with Gasteiger partial charge < -0.3 is 10.4 Å². The number of carbonyl (C=O) groups is 2. The topological polar surface area (TPSA) is 121 Å². The predicted octanol–water partition coefficient (Wildman–Crippen LogP) is -0.103. The van der Waals surface area contributed by atoms with Crippen LogP contribution in [0.2, 0.25) is 0 Å². The molecule has 0 saturated heterocycles. The molecule has 1 aromatic rings. The Bertz CT molecular complexity index is 583. The van der Waals surface area contributed by atoms with Crippen LogP contribution >= 0.6 is 0 Å². The molecule has 1 amide bonds. The van der Waals surface area contributed by atoms with Gasteiger partial charge >= 0.3 is 5.97 Å². The van der Waals surface area contributed by atoms with E-state index >= 15 is 0 Å². The van der Waals surface area contributed by atoms with Crippen LogP contribution in [-0.2, 0) is 14.9 Å². The lowest BCUT2D eigenvalue weighted by molar-refractivity contribution is -0.138. The highest BCUT2D eigenvalue weighted by Crippen LogP contribution is 2.03. The first kappa shape index (κ1) is 15.1. The monoisotopic (exact) mass is 291 g/mol. The number of nitrogens with one attached hydrogen (secondary N) is 1. The third-order valence-electron chi connectivity index (χ3n) is 2.09. The van der Waals surface area contributed by atoms with Crippen LogP contribution in [0.5, 0.6) is 0 Å². The zero-order valence-corrected chi connectivity index (χ0v) is 10.2. The van der Waals surface area contributed by atoms with Crippen LogP contribution in [0, 0.1) is 5.82 Å². The fraction of sp³-hybridized carbons (Fsp3) is 0.200. The Kier molecular flexibility index (Phi) is 4.57. The van der Waals surface area contributed by atoms with Crippen molar-refractivity contribution in [1.82, 2.24) is 5.32 Å². The summed E-state index contributed by atoms with van der Waals surface area (Å²) in [6, 6.07) is 2.40. The van der Waals surface area contributed by atoms with Crippen molar-refractivity contribution in [3.63, 3.8) is 0 Å². The van der Waals surface area contributed by atoms with Crippen molar-refractivity contribution in [2.75, 3.05) is 5.75 Å². The molecule has 0 aliphatic carbocycles. The third kappa shape index (κ3) is 5.02. The van der Waals surface area contributed by atoms with Crippen molar-refractivity contribution in [2.45, 2.75) is 6.04 Å². The van der Waals surface area contributed by atoms with E-state index in [2.05, 4.69) is 0 Å². The summed E-state index contributed by atoms with van der Waals surface area (Å²) in [5.74, 6) is -4.25. The van der Waals surface area contributed by atoms with E-state index in [1.54, 1.807) is 0 Å². The molecule has 0 radical (unpaired) electrons. The Labute approximate surface area is 107 Å². The predicted molar refractivity (Wildman–Crippen MR) is 61.7 cm³/mol. The van der Waals surface area contributed by atoms with Gasteiger partial charge in [-0.15, -0.1) is 0 Å². The van der Waals surface area contributed by atoms with E-state index in [-0.39, 0.29) is 5.56 Å². The van der Waals surface area contributed by atoms with E-state index < -0.39 is 39.6 Å². The Morgan fingerprint density at radius 1 is 1.26 bits per heavy atom. The molecule has 19 heavy (non-hydrogen) atoms. The van der Waals surface area contributed by atoms with Crippen molar-refractivity contribution < 1.29 is 32.1 Å². The van der Waals surface area contributed by atoms with E-state index in [1.165, 1.54) is 0 Å². The summed E-state index contributed by atoms with van der Waals surface area (Å²) in [7, 11) is -4.56. The molecule has 0 bridgehead atoms. The van der Waals surface area contributed by atoms with Crippen LogP contribution in [0.4, 0.5) is 4.39 Å². The van der Waals surface area contributed by atoms with E-state index in [0.29, 0.717) is 0 Å². The number of benzene rings is 1. The van der Waals surface area contributed by atoms with Gasteiger partial charge in [0.1, 0.15) is 17.6 Å². The number of aliphatic carboxylic acids is 1. The Hall–Kier alpha value is -2.00. The molecule has 0 saturated carbocycles. The maximum atomic E-state index is 12.6. The molecule has 0 aliphatic heterocycles. The van der Waals surface area contributed by atoms with Crippen LogP contribution < -0.4 is 5.32 Å². The SMILES string of the molecule is O=C(NC(CS(=O)(=O)O)C(=O)O)c1ccc(F)cc1. The highest BCUT2D eigenvalue weighted by atomic mass is 32.2. The fourth-order valence-electron chi connectivity index (χ4n) is 1.23. The highest BCUT2D eigenvalue weighted by Gasteiger charge is 2.26. The van der Waals surface area contributed by atoms with E-state index in [4.69, 9.17) is 9.66 Å². The molecule has 1 aromatic carbocycles. The van der Waals surface area contributed by atoms with Gasteiger partial charge in [-0.25, -0.2) is 9.18 Å². The van der Waals surface area contributed by atoms with Crippen molar-refractivity contribution in [2.24, 2.45) is 0 Å².